The largest absolute Gasteiger partial charge is 0.508 e. The fraction of sp³-hybridized carbons (Fsp3) is 0.250. The number of azo groups is 1. The van der Waals surface area contributed by atoms with E-state index in [1.807, 2.05) is 13.0 Å². The van der Waals surface area contributed by atoms with Crippen molar-refractivity contribution in [1.82, 2.24) is 10.2 Å². The number of anilines is 2. The summed E-state index contributed by atoms with van der Waals surface area (Å²) in [5.74, 6) is 1.18. The Morgan fingerprint density at radius 2 is 2.16 bits per heavy atom. The number of nitrogens with one attached hydrogen (secondary N) is 2. The molecule has 100 valence electrons. The van der Waals surface area contributed by atoms with Gasteiger partial charge in [0.1, 0.15) is 11.6 Å². The molecule has 1 aliphatic rings. The van der Waals surface area contributed by atoms with Crippen molar-refractivity contribution in [2.75, 3.05) is 18.1 Å². The average Bonchev–Trinajstić information content (AvgIpc) is 2.64. The summed E-state index contributed by atoms with van der Waals surface area (Å²) in [6, 6.07) is 0. The number of aliphatic hydroxyl groups excluding tert-OH is 1. The summed E-state index contributed by atoms with van der Waals surface area (Å²) in [6.07, 6.45) is 6.88. The summed E-state index contributed by atoms with van der Waals surface area (Å²) in [5.41, 5.74) is 6.83. The molecule has 0 radical (unpaired) electrons. The number of nitrogen functional groups attached to an aromatic ring is 1. The van der Waals surface area contributed by atoms with Gasteiger partial charge >= 0.3 is 0 Å². The summed E-state index contributed by atoms with van der Waals surface area (Å²) >= 11 is 0. The van der Waals surface area contributed by atoms with Crippen molar-refractivity contribution >= 4 is 17.3 Å². The van der Waals surface area contributed by atoms with Gasteiger partial charge in [-0.3, -0.25) is 5.10 Å². The third-order valence-corrected chi connectivity index (χ3v) is 2.56. The highest BCUT2D eigenvalue weighted by Crippen LogP contribution is 2.29. The lowest BCUT2D eigenvalue weighted by Crippen LogP contribution is -1.88. The van der Waals surface area contributed by atoms with Crippen molar-refractivity contribution in [2.45, 2.75) is 6.92 Å². The van der Waals surface area contributed by atoms with Crippen LogP contribution in [-0.2, 0) is 0 Å². The quantitative estimate of drug-likeness (QED) is 0.626. The van der Waals surface area contributed by atoms with E-state index in [4.69, 9.17) is 5.73 Å². The predicted molar refractivity (Wildman–Crippen MR) is 74.2 cm³/mol. The summed E-state index contributed by atoms with van der Waals surface area (Å²) < 4.78 is 0. The van der Waals surface area contributed by atoms with Crippen LogP contribution in [0.1, 0.15) is 6.92 Å². The minimum atomic E-state index is 0.0782. The first kappa shape index (κ1) is 12.9. The average molecular weight is 260 g/mol. The molecule has 1 aromatic heterocycles. The number of aliphatic hydroxyl groups is 1. The lowest BCUT2D eigenvalue weighted by Gasteiger charge is -1.98. The molecule has 1 atom stereocenters. The van der Waals surface area contributed by atoms with Crippen LogP contribution < -0.4 is 11.1 Å². The molecule has 1 heterocycles. The molecule has 1 aliphatic carbocycles. The number of nitrogens with zero attached hydrogens (tertiary/aromatic N) is 3. The summed E-state index contributed by atoms with van der Waals surface area (Å²) in [7, 11) is 1.73. The molecule has 0 aromatic carbocycles. The molecule has 0 aliphatic heterocycles. The number of aromatic amines is 1. The molecule has 5 N–H and O–H groups in total. The van der Waals surface area contributed by atoms with Crippen molar-refractivity contribution in [3.8, 4) is 0 Å². The first-order chi connectivity index (χ1) is 9.10. The lowest BCUT2D eigenvalue weighted by molar-refractivity contribution is 0.428. The van der Waals surface area contributed by atoms with E-state index in [2.05, 4.69) is 25.7 Å². The molecule has 1 unspecified atom stereocenters. The van der Waals surface area contributed by atoms with E-state index in [1.54, 1.807) is 25.3 Å². The summed E-state index contributed by atoms with van der Waals surface area (Å²) in [4.78, 5) is 0. The van der Waals surface area contributed by atoms with Crippen molar-refractivity contribution in [3.63, 3.8) is 0 Å². The molecule has 19 heavy (non-hydrogen) atoms. The maximum absolute atomic E-state index is 9.48. The topological polar surface area (TPSA) is 112 Å². The molecule has 0 bridgehead atoms. The lowest BCUT2D eigenvalue weighted by atomic mass is 10.1. The van der Waals surface area contributed by atoms with Crippen molar-refractivity contribution < 1.29 is 5.11 Å². The zero-order valence-electron chi connectivity index (χ0n) is 10.8. The maximum atomic E-state index is 9.48. The van der Waals surface area contributed by atoms with Crippen molar-refractivity contribution in [1.29, 1.82) is 0 Å². The Morgan fingerprint density at radius 3 is 2.89 bits per heavy atom. The summed E-state index contributed by atoms with van der Waals surface area (Å²) in [6.45, 7) is 1.95. The Bertz CT molecular complexity index is 581. The van der Waals surface area contributed by atoms with Crippen LogP contribution in [0.15, 0.2) is 46.0 Å². The first-order valence-electron chi connectivity index (χ1n) is 5.84. The predicted octanol–water partition coefficient (Wildman–Crippen LogP) is 2.65. The molecular weight excluding hydrogens is 244 g/mol. The number of aromatic nitrogens is 2. The molecule has 1 aromatic rings. The van der Waals surface area contributed by atoms with E-state index in [-0.39, 0.29) is 11.7 Å². The Kier molecular flexibility index (Phi) is 3.65. The Balaban J connectivity index is 2.24. The standard InChI is InChI=1S/C12H16N6O/c1-7-5-8(3-4-9(19)6-7)15-16-10-11(13)17-18-12(10)14-2/h3-7,19H,1-2H3,(H4,13,14,17,18). The van der Waals surface area contributed by atoms with Gasteiger partial charge in [0.25, 0.3) is 0 Å². The van der Waals surface area contributed by atoms with E-state index in [0.29, 0.717) is 23.0 Å². The Labute approximate surface area is 110 Å². The highest BCUT2D eigenvalue weighted by atomic mass is 16.3. The van der Waals surface area contributed by atoms with Crippen molar-refractivity contribution in [3.05, 3.63) is 35.8 Å². The third-order valence-electron chi connectivity index (χ3n) is 2.56. The van der Waals surface area contributed by atoms with Gasteiger partial charge in [-0.05, 0) is 24.1 Å². The highest BCUT2D eigenvalue weighted by Gasteiger charge is 2.09. The van der Waals surface area contributed by atoms with Crippen LogP contribution in [0.2, 0.25) is 0 Å². The van der Waals surface area contributed by atoms with Crippen LogP contribution in [-0.4, -0.2) is 22.4 Å². The zero-order valence-corrected chi connectivity index (χ0v) is 10.8. The maximum Gasteiger partial charge on any atom is 0.177 e. The van der Waals surface area contributed by atoms with Gasteiger partial charge in [0.2, 0.25) is 0 Å². The third kappa shape index (κ3) is 3.01. The number of rotatable bonds is 3. The van der Waals surface area contributed by atoms with Gasteiger partial charge in [-0.1, -0.05) is 13.0 Å². The molecular formula is C12H16N6O. The molecule has 0 saturated heterocycles. The van der Waals surface area contributed by atoms with Crippen molar-refractivity contribution in [2.24, 2.45) is 16.1 Å². The normalized spacial score (nSPS) is 19.2. The second-order valence-electron chi connectivity index (χ2n) is 4.16. The van der Waals surface area contributed by atoms with Gasteiger partial charge in [-0.15, -0.1) is 5.11 Å². The molecule has 0 spiro atoms. The first-order valence-corrected chi connectivity index (χ1v) is 5.84. The molecule has 7 nitrogen and oxygen atoms in total. The Hall–Kier alpha value is -2.57. The number of hydrogen-bond acceptors (Lipinski definition) is 6. The fourth-order valence-corrected chi connectivity index (χ4v) is 1.67. The van der Waals surface area contributed by atoms with E-state index >= 15 is 0 Å². The number of hydrogen-bond donors (Lipinski definition) is 4. The molecule has 0 saturated carbocycles. The van der Waals surface area contributed by atoms with Gasteiger partial charge in [0.05, 0.1) is 5.70 Å². The van der Waals surface area contributed by atoms with Gasteiger partial charge < -0.3 is 16.2 Å². The second kappa shape index (κ2) is 5.38. The highest BCUT2D eigenvalue weighted by molar-refractivity contribution is 5.71. The van der Waals surface area contributed by atoms with E-state index < -0.39 is 0 Å². The second-order valence-corrected chi connectivity index (χ2v) is 4.16. The van der Waals surface area contributed by atoms with Crippen LogP contribution in [0.3, 0.4) is 0 Å². The van der Waals surface area contributed by atoms with Gasteiger partial charge in [0, 0.05) is 7.05 Å². The van der Waals surface area contributed by atoms with E-state index in [0.717, 1.165) is 0 Å². The number of nitrogens with two attached hydrogens (primary N) is 1. The molecule has 7 heteroatoms. The number of allylic oxidation sites excluding steroid dienone is 4. The van der Waals surface area contributed by atoms with Gasteiger partial charge in [-0.2, -0.15) is 10.2 Å². The molecule has 2 rings (SSSR count). The minimum Gasteiger partial charge on any atom is -0.508 e. The van der Waals surface area contributed by atoms with Crippen LogP contribution >= 0.6 is 0 Å². The monoisotopic (exact) mass is 260 g/mol. The minimum absolute atomic E-state index is 0.0782. The number of H-pyrrole nitrogens is 1. The SMILES string of the molecule is CNc1n[nH]c(N)c1N=NC1=CC(C)C=C(O)C=C1. The zero-order chi connectivity index (χ0) is 13.8. The van der Waals surface area contributed by atoms with Crippen LogP contribution in [0, 0.1) is 5.92 Å². The van der Waals surface area contributed by atoms with Gasteiger partial charge in [0.15, 0.2) is 11.5 Å². The van der Waals surface area contributed by atoms with E-state index in [9.17, 15) is 5.11 Å². The smallest absolute Gasteiger partial charge is 0.177 e. The molecule has 0 fully saturated rings. The summed E-state index contributed by atoms with van der Waals surface area (Å²) in [5, 5.41) is 27.1. The fourth-order valence-electron chi connectivity index (χ4n) is 1.67. The van der Waals surface area contributed by atoms with E-state index in [1.165, 1.54) is 0 Å². The van der Waals surface area contributed by atoms with Crippen LogP contribution in [0.4, 0.5) is 17.3 Å². The Morgan fingerprint density at radius 1 is 1.37 bits per heavy atom. The molecule has 0 amide bonds. The van der Waals surface area contributed by atoms with Crippen LogP contribution in [0.25, 0.3) is 0 Å². The van der Waals surface area contributed by atoms with Gasteiger partial charge in [-0.25, -0.2) is 0 Å². The van der Waals surface area contributed by atoms with Crippen LogP contribution in [0.5, 0.6) is 0 Å².